The highest BCUT2D eigenvalue weighted by atomic mass is 32.1. The molecular formula is C27H22F4N2O5S. The van der Waals surface area contributed by atoms with Gasteiger partial charge in [0.05, 0.1) is 15.9 Å². The number of anilines is 2. The Bertz CT molecular complexity index is 1480. The van der Waals surface area contributed by atoms with Crippen LogP contribution in [0.5, 0.6) is 5.75 Å². The van der Waals surface area contributed by atoms with E-state index in [0.717, 1.165) is 42.6 Å². The second kappa shape index (κ2) is 11.7. The van der Waals surface area contributed by atoms with Gasteiger partial charge in [-0.25, -0.2) is 14.2 Å². The molecule has 12 heteroatoms. The Morgan fingerprint density at radius 3 is 2.21 bits per heavy atom. The van der Waals surface area contributed by atoms with Crippen molar-refractivity contribution in [1.29, 1.82) is 0 Å². The first-order chi connectivity index (χ1) is 18.5. The van der Waals surface area contributed by atoms with E-state index >= 15 is 0 Å². The molecular weight excluding hydrogens is 540 g/mol. The second-order valence-electron chi connectivity index (χ2n) is 8.72. The van der Waals surface area contributed by atoms with Gasteiger partial charge in [0, 0.05) is 17.5 Å². The summed E-state index contributed by atoms with van der Waals surface area (Å²) in [5.41, 5.74) is 2.78. The summed E-state index contributed by atoms with van der Waals surface area (Å²) in [5.74, 6) is -0.566. The van der Waals surface area contributed by atoms with E-state index in [4.69, 9.17) is 15.0 Å². The highest BCUT2D eigenvalue weighted by Crippen LogP contribution is 2.34. The molecule has 1 aromatic heterocycles. The standard InChI is InChI=1S/C26H20F4N2O2S.CH2O3/c27-20-13-18(15-5-7-17(8-6-15)24(33)16-3-1-2-4-16)9-11-21(20)31-25-32-22-12-10-19(14-23(22)35-25)34-26(28,29)30;2-1(3)4/h5-14,16H,1-4H2,(H,31,32);(H2,2,3,4). The van der Waals surface area contributed by atoms with E-state index in [2.05, 4.69) is 15.0 Å². The number of alkyl halides is 3. The Kier molecular flexibility index (Phi) is 8.34. The van der Waals surface area contributed by atoms with E-state index in [0.29, 0.717) is 26.5 Å². The van der Waals surface area contributed by atoms with Crippen LogP contribution in [-0.4, -0.2) is 33.5 Å². The number of nitrogens with one attached hydrogen (secondary N) is 1. The fourth-order valence-corrected chi connectivity index (χ4v) is 5.22. The number of benzene rings is 3. The third-order valence-electron chi connectivity index (χ3n) is 6.03. The molecule has 7 nitrogen and oxygen atoms in total. The van der Waals surface area contributed by atoms with Gasteiger partial charge < -0.3 is 20.3 Å². The van der Waals surface area contributed by atoms with Crippen molar-refractivity contribution in [3.8, 4) is 16.9 Å². The van der Waals surface area contributed by atoms with Gasteiger partial charge >= 0.3 is 12.5 Å². The van der Waals surface area contributed by atoms with Gasteiger partial charge in [-0.3, -0.25) is 4.79 Å². The van der Waals surface area contributed by atoms with Crippen LogP contribution in [0.15, 0.2) is 60.7 Å². The molecule has 3 N–H and O–H groups in total. The van der Waals surface area contributed by atoms with E-state index in [9.17, 15) is 22.4 Å². The average molecular weight is 563 g/mol. The van der Waals surface area contributed by atoms with E-state index in [1.54, 1.807) is 24.3 Å². The number of halogens is 4. The normalized spacial score (nSPS) is 13.5. The SMILES string of the molecule is O=C(O)O.O=C(c1ccc(-c2ccc(Nc3nc4ccc(OC(F)(F)F)cc4s3)c(F)c2)cc1)C1CCCC1. The van der Waals surface area contributed by atoms with E-state index in [-0.39, 0.29) is 23.1 Å². The van der Waals surface area contributed by atoms with E-state index < -0.39 is 18.3 Å². The molecule has 0 unspecified atom stereocenters. The van der Waals surface area contributed by atoms with Crippen LogP contribution in [0, 0.1) is 11.7 Å². The molecule has 1 aliphatic rings. The topological polar surface area (TPSA) is 109 Å². The number of nitrogens with zero attached hydrogens (tertiary/aromatic N) is 1. The van der Waals surface area contributed by atoms with Crippen molar-refractivity contribution >= 4 is 44.3 Å². The van der Waals surface area contributed by atoms with Gasteiger partial charge in [0.2, 0.25) is 0 Å². The Balaban J connectivity index is 0.000000826. The Hall–Kier alpha value is -4.19. The summed E-state index contributed by atoms with van der Waals surface area (Å²) in [6, 6.07) is 15.8. The van der Waals surface area contributed by atoms with Gasteiger partial charge in [-0.15, -0.1) is 13.2 Å². The van der Waals surface area contributed by atoms with Crippen LogP contribution in [0.1, 0.15) is 36.0 Å². The minimum Gasteiger partial charge on any atom is -0.450 e. The molecule has 0 atom stereocenters. The number of ketones is 1. The molecule has 1 aliphatic carbocycles. The van der Waals surface area contributed by atoms with Gasteiger partial charge in [-0.2, -0.15) is 0 Å². The largest absolute Gasteiger partial charge is 0.573 e. The first-order valence-corrected chi connectivity index (χ1v) is 12.6. The molecule has 0 amide bonds. The molecule has 0 saturated heterocycles. The van der Waals surface area contributed by atoms with E-state index in [1.807, 2.05) is 12.1 Å². The van der Waals surface area contributed by atoms with Crippen LogP contribution < -0.4 is 10.1 Å². The Labute approximate surface area is 223 Å². The van der Waals surface area contributed by atoms with E-state index in [1.165, 1.54) is 24.3 Å². The van der Waals surface area contributed by atoms with Crippen LogP contribution in [0.2, 0.25) is 0 Å². The highest BCUT2D eigenvalue weighted by Gasteiger charge is 2.31. The zero-order valence-corrected chi connectivity index (χ0v) is 21.0. The van der Waals surface area contributed by atoms with Gasteiger partial charge in [0.1, 0.15) is 11.6 Å². The van der Waals surface area contributed by atoms with Gasteiger partial charge in [-0.05, 0) is 48.2 Å². The molecule has 4 aromatic rings. The number of fused-ring (bicyclic) bond motifs is 1. The first-order valence-electron chi connectivity index (χ1n) is 11.8. The predicted octanol–water partition coefficient (Wildman–Crippen LogP) is 8.34. The summed E-state index contributed by atoms with van der Waals surface area (Å²) < 4.78 is 56.6. The number of aromatic nitrogens is 1. The summed E-state index contributed by atoms with van der Waals surface area (Å²) in [4.78, 5) is 25.4. The lowest BCUT2D eigenvalue weighted by atomic mass is 9.94. The summed E-state index contributed by atoms with van der Waals surface area (Å²) >= 11 is 1.09. The minimum atomic E-state index is -4.78. The number of thiazole rings is 1. The third kappa shape index (κ3) is 7.44. The Morgan fingerprint density at radius 1 is 0.949 bits per heavy atom. The van der Waals surface area contributed by atoms with Crippen molar-refractivity contribution < 1.29 is 42.1 Å². The number of ether oxygens (including phenoxy) is 1. The van der Waals surface area contributed by atoms with Crippen molar-refractivity contribution in [3.63, 3.8) is 0 Å². The lowest BCUT2D eigenvalue weighted by Gasteiger charge is -2.10. The maximum Gasteiger partial charge on any atom is 0.573 e. The highest BCUT2D eigenvalue weighted by molar-refractivity contribution is 7.22. The fraction of sp³-hybridized carbons (Fsp3) is 0.222. The lowest BCUT2D eigenvalue weighted by Crippen LogP contribution is -2.16. The maximum absolute atomic E-state index is 14.9. The molecule has 0 spiro atoms. The number of carbonyl (C=O) groups excluding carboxylic acids is 1. The number of rotatable bonds is 6. The molecule has 204 valence electrons. The monoisotopic (exact) mass is 562 g/mol. The zero-order valence-electron chi connectivity index (χ0n) is 20.2. The summed E-state index contributed by atoms with van der Waals surface area (Å²) in [6.07, 6.45) is -2.54. The molecule has 3 aromatic carbocycles. The number of hydrogen-bond acceptors (Lipinski definition) is 6. The van der Waals surface area contributed by atoms with Crippen LogP contribution in [0.25, 0.3) is 21.3 Å². The van der Waals surface area contributed by atoms with Crippen molar-refractivity contribution in [2.45, 2.75) is 32.0 Å². The minimum absolute atomic E-state index is 0.106. The number of hydrogen-bond donors (Lipinski definition) is 3. The first kappa shape index (κ1) is 27.8. The smallest absolute Gasteiger partial charge is 0.450 e. The van der Waals surface area contributed by atoms with Crippen LogP contribution in [0.3, 0.4) is 0 Å². The fourth-order valence-electron chi connectivity index (χ4n) is 4.32. The lowest BCUT2D eigenvalue weighted by molar-refractivity contribution is -0.274. The molecule has 0 radical (unpaired) electrons. The zero-order chi connectivity index (χ0) is 28.2. The van der Waals surface area contributed by atoms with Crippen molar-refractivity contribution in [2.24, 2.45) is 5.92 Å². The molecule has 0 bridgehead atoms. The number of carbonyl (C=O) groups is 2. The maximum atomic E-state index is 14.9. The van der Waals surface area contributed by atoms with Gasteiger partial charge in [0.25, 0.3) is 0 Å². The van der Waals surface area contributed by atoms with Crippen LogP contribution in [-0.2, 0) is 0 Å². The average Bonchev–Trinajstić information content (AvgIpc) is 3.53. The van der Waals surface area contributed by atoms with Crippen molar-refractivity contribution in [2.75, 3.05) is 5.32 Å². The van der Waals surface area contributed by atoms with Crippen molar-refractivity contribution in [1.82, 2.24) is 4.98 Å². The number of Topliss-reactive ketones (excluding diaryl/α,β-unsaturated/α-hetero) is 1. The molecule has 1 fully saturated rings. The summed E-state index contributed by atoms with van der Waals surface area (Å²) in [5, 5.41) is 17.2. The molecule has 0 aliphatic heterocycles. The summed E-state index contributed by atoms with van der Waals surface area (Å²) in [7, 11) is 0. The van der Waals surface area contributed by atoms with Gasteiger partial charge in [0.15, 0.2) is 10.9 Å². The number of carboxylic acid groups (broad SMARTS) is 2. The molecule has 39 heavy (non-hydrogen) atoms. The third-order valence-corrected chi connectivity index (χ3v) is 6.97. The van der Waals surface area contributed by atoms with Crippen LogP contribution in [0.4, 0.5) is 33.2 Å². The van der Waals surface area contributed by atoms with Gasteiger partial charge in [-0.1, -0.05) is 54.5 Å². The second-order valence-corrected chi connectivity index (χ2v) is 9.75. The van der Waals surface area contributed by atoms with Crippen molar-refractivity contribution in [3.05, 3.63) is 72.0 Å². The molecule has 1 saturated carbocycles. The molecule has 1 heterocycles. The Morgan fingerprint density at radius 2 is 1.59 bits per heavy atom. The summed E-state index contributed by atoms with van der Waals surface area (Å²) in [6.45, 7) is 0. The molecule has 5 rings (SSSR count). The quantitative estimate of drug-likeness (QED) is 0.160. The van der Waals surface area contributed by atoms with Crippen LogP contribution >= 0.6 is 11.3 Å². The predicted molar refractivity (Wildman–Crippen MR) is 138 cm³/mol.